The summed E-state index contributed by atoms with van der Waals surface area (Å²) in [5.41, 5.74) is 0.517. The first-order valence-corrected chi connectivity index (χ1v) is 6.30. The predicted molar refractivity (Wildman–Crippen MR) is 52.5 cm³/mol. The van der Waals surface area contributed by atoms with Crippen molar-refractivity contribution in [2.24, 2.45) is 0 Å². The lowest BCUT2D eigenvalue weighted by atomic mass is 10.1. The Balaban J connectivity index is 2.73. The summed E-state index contributed by atoms with van der Waals surface area (Å²) in [5.74, 6) is -0.717. The molecule has 0 aliphatic heterocycles. The fraction of sp³-hybridized carbons (Fsp3) is 0.300. The zero-order valence-electron chi connectivity index (χ0n) is 8.03. The number of carbonyl (C=O) groups is 1. The van der Waals surface area contributed by atoms with Gasteiger partial charge in [0.2, 0.25) is 0 Å². The second-order valence-corrected chi connectivity index (χ2v) is 5.58. The van der Waals surface area contributed by atoms with Crippen LogP contribution in [0, 0.1) is 0 Å². The highest BCUT2D eigenvalue weighted by molar-refractivity contribution is 7.90. The van der Waals surface area contributed by atoms with Gasteiger partial charge in [-0.1, -0.05) is 12.1 Å². The van der Waals surface area contributed by atoms with E-state index < -0.39 is 21.8 Å². The third-order valence-electron chi connectivity index (χ3n) is 2.44. The van der Waals surface area contributed by atoms with E-state index in [1.54, 1.807) is 6.07 Å². The third kappa shape index (κ3) is 1.56. The van der Waals surface area contributed by atoms with Crippen LogP contribution in [0.5, 0.6) is 0 Å². The number of carbonyl (C=O) groups excluding carboxylic acids is 1. The van der Waals surface area contributed by atoms with E-state index in [1.807, 2.05) is 0 Å². The number of hydrogen-bond donors (Lipinski definition) is 0. The van der Waals surface area contributed by atoms with Gasteiger partial charge >= 0.3 is 0 Å². The molecule has 0 aromatic heterocycles. The van der Waals surface area contributed by atoms with Crippen LogP contribution >= 0.6 is 0 Å². The molecule has 1 aromatic rings. The van der Waals surface area contributed by atoms with Crippen LogP contribution in [0.2, 0.25) is 0 Å². The van der Waals surface area contributed by atoms with Crippen LogP contribution in [0.15, 0.2) is 23.1 Å². The second kappa shape index (κ2) is 3.13. The van der Waals surface area contributed by atoms with Crippen molar-refractivity contribution < 1.29 is 17.6 Å². The standard InChI is InChI=1S/C10H9FO3S/c1-15(13,14)8-4-2-3-6-5-7(11)10(12)9(6)8/h2-4,7H,5H2,1H3. The summed E-state index contributed by atoms with van der Waals surface area (Å²) < 4.78 is 35.9. The van der Waals surface area contributed by atoms with Crippen molar-refractivity contribution in [2.75, 3.05) is 6.26 Å². The lowest BCUT2D eigenvalue weighted by molar-refractivity contribution is 0.0896. The lowest BCUT2D eigenvalue weighted by Crippen LogP contribution is -2.11. The number of ketones is 1. The molecule has 0 amide bonds. The molecule has 0 fully saturated rings. The normalized spacial score (nSPS) is 20.4. The van der Waals surface area contributed by atoms with E-state index in [0.717, 1.165) is 6.26 Å². The van der Waals surface area contributed by atoms with Crippen LogP contribution in [0.4, 0.5) is 4.39 Å². The summed E-state index contributed by atoms with van der Waals surface area (Å²) in [4.78, 5) is 11.4. The molecule has 0 bridgehead atoms. The number of sulfone groups is 1. The number of Topliss-reactive ketones (excluding diaryl/α,β-unsaturated/α-hetero) is 1. The van der Waals surface area contributed by atoms with Gasteiger partial charge in [-0.3, -0.25) is 4.79 Å². The molecule has 0 saturated carbocycles. The van der Waals surface area contributed by atoms with Gasteiger partial charge in [-0.2, -0.15) is 0 Å². The van der Waals surface area contributed by atoms with Gasteiger partial charge in [-0.05, 0) is 11.6 Å². The van der Waals surface area contributed by atoms with Gasteiger partial charge in [-0.25, -0.2) is 12.8 Å². The molecule has 15 heavy (non-hydrogen) atoms. The van der Waals surface area contributed by atoms with Crippen molar-refractivity contribution in [2.45, 2.75) is 17.5 Å². The second-order valence-electron chi connectivity index (χ2n) is 3.60. The van der Waals surface area contributed by atoms with Gasteiger partial charge in [0.15, 0.2) is 21.8 Å². The van der Waals surface area contributed by atoms with Crippen molar-refractivity contribution in [3.8, 4) is 0 Å². The Morgan fingerprint density at radius 1 is 1.40 bits per heavy atom. The Bertz CT molecular complexity index is 534. The number of halogens is 1. The summed E-state index contributed by atoms with van der Waals surface area (Å²) in [6.07, 6.45) is -0.596. The van der Waals surface area contributed by atoms with E-state index in [9.17, 15) is 17.6 Å². The Kier molecular flexibility index (Phi) is 2.15. The van der Waals surface area contributed by atoms with E-state index in [-0.39, 0.29) is 16.9 Å². The number of alkyl halides is 1. The predicted octanol–water partition coefficient (Wildman–Crippen LogP) is 1.17. The topological polar surface area (TPSA) is 51.2 Å². The molecule has 1 atom stereocenters. The van der Waals surface area contributed by atoms with E-state index in [1.165, 1.54) is 12.1 Å². The van der Waals surface area contributed by atoms with E-state index in [0.29, 0.717) is 5.56 Å². The molecular weight excluding hydrogens is 219 g/mol. The minimum Gasteiger partial charge on any atom is -0.291 e. The number of rotatable bonds is 1. The molecule has 1 aromatic carbocycles. The number of hydrogen-bond acceptors (Lipinski definition) is 3. The van der Waals surface area contributed by atoms with E-state index >= 15 is 0 Å². The molecule has 5 heteroatoms. The summed E-state index contributed by atoms with van der Waals surface area (Å²) in [7, 11) is -3.47. The van der Waals surface area contributed by atoms with E-state index in [2.05, 4.69) is 0 Å². The molecule has 80 valence electrons. The first-order valence-electron chi connectivity index (χ1n) is 4.41. The van der Waals surface area contributed by atoms with Crippen LogP contribution in [-0.2, 0) is 16.3 Å². The smallest absolute Gasteiger partial charge is 0.198 e. The van der Waals surface area contributed by atoms with Crippen molar-refractivity contribution in [1.29, 1.82) is 0 Å². The average molecular weight is 228 g/mol. The number of benzene rings is 1. The molecule has 1 aliphatic rings. The van der Waals surface area contributed by atoms with Gasteiger partial charge in [0.25, 0.3) is 0 Å². The molecular formula is C10H9FO3S. The molecule has 2 rings (SSSR count). The molecule has 1 aliphatic carbocycles. The maximum Gasteiger partial charge on any atom is 0.198 e. The fourth-order valence-electron chi connectivity index (χ4n) is 1.78. The fourth-order valence-corrected chi connectivity index (χ4v) is 2.71. The van der Waals surface area contributed by atoms with Gasteiger partial charge in [0, 0.05) is 18.2 Å². The largest absolute Gasteiger partial charge is 0.291 e. The summed E-state index contributed by atoms with van der Waals surface area (Å²) in [5, 5.41) is 0. The number of fused-ring (bicyclic) bond motifs is 1. The lowest BCUT2D eigenvalue weighted by Gasteiger charge is -2.03. The first-order chi connectivity index (χ1) is 6.91. The van der Waals surface area contributed by atoms with Crippen molar-refractivity contribution in [3.63, 3.8) is 0 Å². The highest BCUT2D eigenvalue weighted by Gasteiger charge is 2.34. The van der Waals surface area contributed by atoms with Crippen molar-refractivity contribution >= 4 is 15.6 Å². The quantitative estimate of drug-likeness (QED) is 0.725. The first kappa shape index (κ1) is 10.3. The molecule has 0 heterocycles. The minimum absolute atomic E-state index is 0.0163. The SMILES string of the molecule is CS(=O)(=O)c1cccc2c1C(=O)C(F)C2. The maximum atomic E-state index is 13.1. The Hall–Kier alpha value is -1.23. The molecule has 0 N–H and O–H groups in total. The average Bonchev–Trinajstić information content (AvgIpc) is 2.41. The van der Waals surface area contributed by atoms with Crippen molar-refractivity contribution in [3.05, 3.63) is 29.3 Å². The highest BCUT2D eigenvalue weighted by Crippen LogP contribution is 2.29. The monoisotopic (exact) mass is 228 g/mol. The zero-order chi connectivity index (χ0) is 11.2. The summed E-state index contributed by atoms with van der Waals surface area (Å²) >= 11 is 0. The molecule has 0 radical (unpaired) electrons. The molecule has 3 nitrogen and oxygen atoms in total. The Morgan fingerprint density at radius 2 is 2.07 bits per heavy atom. The van der Waals surface area contributed by atoms with Gasteiger partial charge in [-0.15, -0.1) is 0 Å². The van der Waals surface area contributed by atoms with Crippen LogP contribution < -0.4 is 0 Å². The van der Waals surface area contributed by atoms with Crippen LogP contribution in [0.1, 0.15) is 15.9 Å². The van der Waals surface area contributed by atoms with Gasteiger partial charge in [0.05, 0.1) is 4.90 Å². The van der Waals surface area contributed by atoms with Crippen molar-refractivity contribution in [1.82, 2.24) is 0 Å². The molecule has 0 spiro atoms. The Labute approximate surface area is 86.8 Å². The molecule has 1 unspecified atom stereocenters. The molecule has 0 saturated heterocycles. The zero-order valence-corrected chi connectivity index (χ0v) is 8.84. The summed E-state index contributed by atoms with van der Waals surface area (Å²) in [6, 6.07) is 4.45. The minimum atomic E-state index is -3.47. The van der Waals surface area contributed by atoms with E-state index in [4.69, 9.17) is 0 Å². The summed E-state index contributed by atoms with van der Waals surface area (Å²) in [6.45, 7) is 0. The van der Waals surface area contributed by atoms with Gasteiger partial charge < -0.3 is 0 Å². The third-order valence-corrected chi connectivity index (χ3v) is 3.58. The Morgan fingerprint density at radius 3 is 2.67 bits per heavy atom. The van der Waals surface area contributed by atoms with Crippen LogP contribution in [0.25, 0.3) is 0 Å². The maximum absolute atomic E-state index is 13.1. The van der Waals surface area contributed by atoms with Crippen LogP contribution in [-0.4, -0.2) is 26.6 Å². The highest BCUT2D eigenvalue weighted by atomic mass is 32.2. The van der Waals surface area contributed by atoms with Gasteiger partial charge in [0.1, 0.15) is 0 Å². The van der Waals surface area contributed by atoms with Crippen LogP contribution in [0.3, 0.4) is 0 Å².